The van der Waals surface area contributed by atoms with Crippen molar-refractivity contribution >= 4 is 0 Å². The fourth-order valence-corrected chi connectivity index (χ4v) is 2.60. The van der Waals surface area contributed by atoms with Crippen molar-refractivity contribution in [2.24, 2.45) is 5.92 Å². The Bertz CT molecular complexity index is 339. The Hall–Kier alpha value is -0.820. The van der Waals surface area contributed by atoms with Crippen LogP contribution in [-0.2, 0) is 0 Å². The summed E-state index contributed by atoms with van der Waals surface area (Å²) in [5.74, 6) is 0.860. The van der Waals surface area contributed by atoms with E-state index in [0.717, 1.165) is 18.9 Å². The highest BCUT2D eigenvalue weighted by Gasteiger charge is 2.07. The summed E-state index contributed by atoms with van der Waals surface area (Å²) >= 11 is 0. The average molecular weight is 275 g/mol. The zero-order chi connectivity index (χ0) is 14.8. The van der Waals surface area contributed by atoms with Crippen LogP contribution in [0.3, 0.4) is 0 Å². The molecule has 1 N–H and O–H groups in total. The predicted octanol–water partition coefficient (Wildman–Crippen LogP) is 5.64. The fourth-order valence-electron chi connectivity index (χ4n) is 2.60. The Morgan fingerprint density at radius 1 is 0.950 bits per heavy atom. The second-order valence-electron chi connectivity index (χ2n) is 6.42. The van der Waals surface area contributed by atoms with Gasteiger partial charge < -0.3 is 5.32 Å². The lowest BCUT2D eigenvalue weighted by molar-refractivity contribution is 0.480. The topological polar surface area (TPSA) is 12.0 Å². The SMILES string of the molecule is CCC(NCCCCCCC(C)C)c1ccc(C)cc1. The molecule has 1 unspecified atom stereocenters. The largest absolute Gasteiger partial charge is 0.310 e. The molecule has 0 radical (unpaired) electrons. The van der Waals surface area contributed by atoms with E-state index in [1.165, 1.54) is 43.2 Å². The van der Waals surface area contributed by atoms with Crippen LogP contribution in [-0.4, -0.2) is 6.54 Å². The van der Waals surface area contributed by atoms with Crippen LogP contribution in [0.25, 0.3) is 0 Å². The number of hydrogen-bond donors (Lipinski definition) is 1. The molecular formula is C19H33N. The quantitative estimate of drug-likeness (QED) is 0.545. The second kappa shape index (κ2) is 9.99. The van der Waals surface area contributed by atoms with Gasteiger partial charge in [-0.3, -0.25) is 0 Å². The molecule has 0 fully saturated rings. The number of unbranched alkanes of at least 4 members (excludes halogenated alkanes) is 3. The van der Waals surface area contributed by atoms with E-state index in [0.29, 0.717) is 6.04 Å². The molecule has 0 amide bonds. The molecule has 1 aromatic carbocycles. The van der Waals surface area contributed by atoms with Crippen molar-refractivity contribution in [3.8, 4) is 0 Å². The monoisotopic (exact) mass is 275 g/mol. The Balaban J connectivity index is 2.17. The van der Waals surface area contributed by atoms with Crippen LogP contribution in [0.2, 0.25) is 0 Å². The predicted molar refractivity (Wildman–Crippen MR) is 90.1 cm³/mol. The van der Waals surface area contributed by atoms with Gasteiger partial charge in [-0.2, -0.15) is 0 Å². The average Bonchev–Trinajstić information content (AvgIpc) is 2.43. The van der Waals surface area contributed by atoms with Crippen LogP contribution in [0.15, 0.2) is 24.3 Å². The van der Waals surface area contributed by atoms with Crippen LogP contribution in [0, 0.1) is 12.8 Å². The Morgan fingerprint density at radius 3 is 2.20 bits per heavy atom. The summed E-state index contributed by atoms with van der Waals surface area (Å²) in [4.78, 5) is 0. The molecule has 1 rings (SSSR count). The minimum absolute atomic E-state index is 0.520. The van der Waals surface area contributed by atoms with Gasteiger partial charge in [0, 0.05) is 6.04 Å². The number of benzene rings is 1. The van der Waals surface area contributed by atoms with E-state index in [2.05, 4.69) is 57.3 Å². The molecule has 1 atom stereocenters. The zero-order valence-electron chi connectivity index (χ0n) is 13.9. The summed E-state index contributed by atoms with van der Waals surface area (Å²) in [5.41, 5.74) is 2.77. The van der Waals surface area contributed by atoms with Crippen molar-refractivity contribution in [3.05, 3.63) is 35.4 Å². The first kappa shape index (κ1) is 17.2. The van der Waals surface area contributed by atoms with Crippen molar-refractivity contribution < 1.29 is 0 Å². The Morgan fingerprint density at radius 2 is 1.60 bits per heavy atom. The molecule has 114 valence electrons. The van der Waals surface area contributed by atoms with Crippen LogP contribution in [0.4, 0.5) is 0 Å². The van der Waals surface area contributed by atoms with Crippen molar-refractivity contribution in [2.75, 3.05) is 6.54 Å². The van der Waals surface area contributed by atoms with Gasteiger partial charge in [0.05, 0.1) is 0 Å². The summed E-state index contributed by atoms with van der Waals surface area (Å²) in [6.45, 7) is 10.2. The first-order valence-corrected chi connectivity index (χ1v) is 8.43. The normalized spacial score (nSPS) is 12.8. The lowest BCUT2D eigenvalue weighted by atomic mass is 10.0. The molecule has 1 nitrogen and oxygen atoms in total. The van der Waals surface area contributed by atoms with Crippen molar-refractivity contribution in [1.29, 1.82) is 0 Å². The van der Waals surface area contributed by atoms with Gasteiger partial charge in [0.1, 0.15) is 0 Å². The maximum absolute atomic E-state index is 3.70. The highest BCUT2D eigenvalue weighted by Crippen LogP contribution is 2.17. The van der Waals surface area contributed by atoms with E-state index >= 15 is 0 Å². The fraction of sp³-hybridized carbons (Fsp3) is 0.684. The first-order valence-electron chi connectivity index (χ1n) is 8.43. The van der Waals surface area contributed by atoms with Crippen LogP contribution in [0.5, 0.6) is 0 Å². The smallest absolute Gasteiger partial charge is 0.0317 e. The molecule has 0 aliphatic heterocycles. The molecular weight excluding hydrogens is 242 g/mol. The van der Waals surface area contributed by atoms with Crippen molar-refractivity contribution in [3.63, 3.8) is 0 Å². The number of hydrogen-bond acceptors (Lipinski definition) is 1. The number of aryl methyl sites for hydroxylation is 1. The number of rotatable bonds is 10. The zero-order valence-corrected chi connectivity index (χ0v) is 13.9. The number of nitrogens with one attached hydrogen (secondary N) is 1. The highest BCUT2D eigenvalue weighted by molar-refractivity contribution is 5.23. The molecule has 0 saturated heterocycles. The molecule has 0 bridgehead atoms. The van der Waals surface area contributed by atoms with E-state index in [9.17, 15) is 0 Å². The third kappa shape index (κ3) is 7.09. The van der Waals surface area contributed by atoms with E-state index < -0.39 is 0 Å². The lowest BCUT2D eigenvalue weighted by Crippen LogP contribution is -2.21. The molecule has 20 heavy (non-hydrogen) atoms. The van der Waals surface area contributed by atoms with Gasteiger partial charge in [-0.05, 0) is 37.8 Å². The molecule has 0 spiro atoms. The summed E-state index contributed by atoms with van der Waals surface area (Å²) in [6.07, 6.45) is 8.00. The van der Waals surface area contributed by atoms with Crippen molar-refractivity contribution in [1.82, 2.24) is 5.32 Å². The van der Waals surface area contributed by atoms with E-state index in [4.69, 9.17) is 0 Å². The van der Waals surface area contributed by atoms with Crippen molar-refractivity contribution in [2.45, 2.75) is 72.3 Å². The van der Waals surface area contributed by atoms with E-state index in [-0.39, 0.29) is 0 Å². The minimum Gasteiger partial charge on any atom is -0.310 e. The van der Waals surface area contributed by atoms with Gasteiger partial charge in [-0.25, -0.2) is 0 Å². The lowest BCUT2D eigenvalue weighted by Gasteiger charge is -2.17. The molecule has 1 heteroatoms. The van der Waals surface area contributed by atoms with Gasteiger partial charge in [0.2, 0.25) is 0 Å². The molecule has 1 aromatic rings. The standard InChI is InChI=1S/C19H33N/c1-5-19(18-13-11-17(4)12-14-18)20-15-9-7-6-8-10-16(2)3/h11-14,16,19-20H,5-10,15H2,1-4H3. The second-order valence-corrected chi connectivity index (χ2v) is 6.42. The van der Waals surface area contributed by atoms with Gasteiger partial charge in [0.25, 0.3) is 0 Å². The summed E-state index contributed by atoms with van der Waals surface area (Å²) in [5, 5.41) is 3.70. The minimum atomic E-state index is 0.520. The van der Waals surface area contributed by atoms with Gasteiger partial charge in [-0.1, -0.05) is 76.3 Å². The molecule has 0 saturated carbocycles. The van der Waals surface area contributed by atoms with Crippen LogP contribution >= 0.6 is 0 Å². The third-order valence-corrected chi connectivity index (χ3v) is 3.99. The maximum atomic E-state index is 3.70. The summed E-state index contributed by atoms with van der Waals surface area (Å²) < 4.78 is 0. The van der Waals surface area contributed by atoms with Gasteiger partial charge >= 0.3 is 0 Å². The molecule has 0 aromatic heterocycles. The molecule has 0 aliphatic carbocycles. The Kier molecular flexibility index (Phi) is 8.60. The molecule has 0 aliphatic rings. The summed E-state index contributed by atoms with van der Waals surface area (Å²) in [7, 11) is 0. The van der Waals surface area contributed by atoms with E-state index in [1.54, 1.807) is 0 Å². The molecule has 0 heterocycles. The van der Waals surface area contributed by atoms with Gasteiger partial charge in [-0.15, -0.1) is 0 Å². The van der Waals surface area contributed by atoms with Gasteiger partial charge in [0.15, 0.2) is 0 Å². The van der Waals surface area contributed by atoms with E-state index in [1.807, 2.05) is 0 Å². The third-order valence-electron chi connectivity index (χ3n) is 3.99. The Labute approximate surface area is 126 Å². The van der Waals surface area contributed by atoms with Crippen LogP contribution < -0.4 is 5.32 Å². The first-order chi connectivity index (χ1) is 9.63. The summed E-state index contributed by atoms with van der Waals surface area (Å²) in [6, 6.07) is 9.47. The maximum Gasteiger partial charge on any atom is 0.0317 e. The van der Waals surface area contributed by atoms with Crippen LogP contribution in [0.1, 0.15) is 76.5 Å². The highest BCUT2D eigenvalue weighted by atomic mass is 14.9.